The number of sulfonamides is 1. The third-order valence-corrected chi connectivity index (χ3v) is 4.82. The molecule has 0 radical (unpaired) electrons. The van der Waals surface area contributed by atoms with Gasteiger partial charge in [0.15, 0.2) is 0 Å². The summed E-state index contributed by atoms with van der Waals surface area (Å²) in [6.45, 7) is 0. The highest BCUT2D eigenvalue weighted by Crippen LogP contribution is 2.40. The summed E-state index contributed by atoms with van der Waals surface area (Å²) in [7, 11) is -3.63. The highest BCUT2D eigenvalue weighted by atomic mass is 32.2. The van der Waals surface area contributed by atoms with Gasteiger partial charge in [0.25, 0.3) is 0 Å². The summed E-state index contributed by atoms with van der Waals surface area (Å²) in [5.74, 6) is -1.33. The van der Waals surface area contributed by atoms with Gasteiger partial charge in [0, 0.05) is 22.6 Å². The number of carbonyl (C=O) groups is 1. The van der Waals surface area contributed by atoms with E-state index < -0.39 is 21.8 Å². The SMILES string of the molecule is CS(=O)(=O)Nc1cc2oc(-c3ccc(F)cc3)c(C(=O)O)c2cc1-c1ccco1. The lowest BCUT2D eigenvalue weighted by Crippen LogP contribution is -2.10. The summed E-state index contributed by atoms with van der Waals surface area (Å²) in [4.78, 5) is 12.0. The number of nitrogens with one attached hydrogen (secondary N) is 1. The molecule has 0 spiro atoms. The smallest absolute Gasteiger partial charge is 0.340 e. The molecule has 2 N–H and O–H groups in total. The maximum Gasteiger partial charge on any atom is 0.340 e. The van der Waals surface area contributed by atoms with Crippen molar-refractivity contribution >= 4 is 32.6 Å². The zero-order valence-corrected chi connectivity index (χ0v) is 15.8. The largest absolute Gasteiger partial charge is 0.478 e. The minimum Gasteiger partial charge on any atom is -0.478 e. The van der Waals surface area contributed by atoms with E-state index in [-0.39, 0.29) is 28.0 Å². The van der Waals surface area contributed by atoms with Gasteiger partial charge in [-0.3, -0.25) is 4.72 Å². The molecule has 0 amide bonds. The average Bonchev–Trinajstić information content (AvgIpc) is 3.27. The number of furan rings is 2. The Kier molecular flexibility index (Phi) is 4.39. The van der Waals surface area contributed by atoms with Crippen LogP contribution in [0.1, 0.15) is 10.4 Å². The van der Waals surface area contributed by atoms with Crippen LogP contribution in [0.5, 0.6) is 0 Å². The molecule has 0 atom stereocenters. The maximum atomic E-state index is 13.3. The second-order valence-electron chi connectivity index (χ2n) is 6.36. The fourth-order valence-corrected chi connectivity index (χ4v) is 3.65. The lowest BCUT2D eigenvalue weighted by molar-refractivity contribution is 0.0699. The Labute approximate surface area is 164 Å². The van der Waals surface area contributed by atoms with E-state index in [2.05, 4.69) is 4.72 Å². The van der Waals surface area contributed by atoms with Gasteiger partial charge in [-0.05, 0) is 42.5 Å². The molecule has 2 aromatic heterocycles. The molecule has 29 heavy (non-hydrogen) atoms. The first-order valence-corrected chi connectivity index (χ1v) is 10.2. The summed E-state index contributed by atoms with van der Waals surface area (Å²) >= 11 is 0. The van der Waals surface area contributed by atoms with E-state index in [1.807, 2.05) is 0 Å². The van der Waals surface area contributed by atoms with Gasteiger partial charge in [0.05, 0.1) is 18.2 Å². The molecule has 4 aromatic rings. The molecule has 0 fully saturated rings. The zero-order valence-electron chi connectivity index (χ0n) is 15.0. The molecule has 0 aliphatic carbocycles. The molecule has 4 rings (SSSR count). The molecular formula is C20H14FNO6S. The highest BCUT2D eigenvalue weighted by Gasteiger charge is 2.24. The van der Waals surface area contributed by atoms with Gasteiger partial charge >= 0.3 is 5.97 Å². The number of benzene rings is 2. The van der Waals surface area contributed by atoms with Crippen molar-refractivity contribution in [2.24, 2.45) is 0 Å². The van der Waals surface area contributed by atoms with Crippen LogP contribution in [0.15, 0.2) is 63.6 Å². The van der Waals surface area contributed by atoms with E-state index in [0.717, 1.165) is 6.26 Å². The van der Waals surface area contributed by atoms with E-state index in [1.54, 1.807) is 12.1 Å². The first-order chi connectivity index (χ1) is 13.7. The highest BCUT2D eigenvalue weighted by molar-refractivity contribution is 7.92. The van der Waals surface area contributed by atoms with Gasteiger partial charge in [0.1, 0.15) is 28.5 Å². The van der Waals surface area contributed by atoms with Crippen molar-refractivity contribution in [3.8, 4) is 22.6 Å². The molecule has 0 unspecified atom stereocenters. The summed E-state index contributed by atoms with van der Waals surface area (Å²) in [5.41, 5.74) is 0.929. The molecule has 2 aromatic carbocycles. The van der Waals surface area contributed by atoms with E-state index in [1.165, 1.54) is 42.7 Å². The molecule has 0 saturated heterocycles. The number of fused-ring (bicyclic) bond motifs is 1. The second kappa shape index (κ2) is 6.78. The van der Waals surface area contributed by atoms with Crippen molar-refractivity contribution in [3.63, 3.8) is 0 Å². The Hall–Kier alpha value is -3.59. The van der Waals surface area contributed by atoms with Crippen LogP contribution in [0.4, 0.5) is 10.1 Å². The molecule has 2 heterocycles. The molecule has 0 aliphatic heterocycles. The van der Waals surface area contributed by atoms with E-state index >= 15 is 0 Å². The van der Waals surface area contributed by atoms with Crippen LogP contribution >= 0.6 is 0 Å². The Morgan fingerprint density at radius 3 is 2.45 bits per heavy atom. The number of carboxylic acids is 1. The van der Waals surface area contributed by atoms with Crippen molar-refractivity contribution < 1.29 is 31.5 Å². The van der Waals surface area contributed by atoms with Gasteiger partial charge < -0.3 is 13.9 Å². The van der Waals surface area contributed by atoms with Gasteiger partial charge in [0.2, 0.25) is 10.0 Å². The second-order valence-corrected chi connectivity index (χ2v) is 8.11. The summed E-state index contributed by atoms with van der Waals surface area (Å²) in [6.07, 6.45) is 2.42. The quantitative estimate of drug-likeness (QED) is 0.494. The fraction of sp³-hybridized carbons (Fsp3) is 0.0500. The van der Waals surface area contributed by atoms with Crippen molar-refractivity contribution in [1.82, 2.24) is 0 Å². The molecule has 0 saturated carbocycles. The van der Waals surface area contributed by atoms with E-state index in [0.29, 0.717) is 16.9 Å². The number of carboxylic acid groups (broad SMARTS) is 1. The third-order valence-electron chi connectivity index (χ3n) is 4.23. The number of rotatable bonds is 5. The third kappa shape index (κ3) is 3.59. The van der Waals surface area contributed by atoms with Crippen molar-refractivity contribution in [2.75, 3.05) is 11.0 Å². The lowest BCUT2D eigenvalue weighted by atomic mass is 10.0. The first-order valence-electron chi connectivity index (χ1n) is 8.34. The standard InChI is InChI=1S/C20H14FNO6S/c1-29(25,26)22-15-10-17-14(9-13(15)16-3-2-8-27-16)18(20(23)24)19(28-17)11-4-6-12(21)7-5-11/h2-10,22H,1H3,(H,23,24). The van der Waals surface area contributed by atoms with E-state index in [4.69, 9.17) is 8.83 Å². The van der Waals surface area contributed by atoms with Crippen LogP contribution in [-0.2, 0) is 10.0 Å². The van der Waals surface area contributed by atoms with Crippen molar-refractivity contribution in [1.29, 1.82) is 0 Å². The predicted molar refractivity (Wildman–Crippen MR) is 105 cm³/mol. The number of anilines is 1. The molecule has 0 aliphatic rings. The number of hydrogen-bond donors (Lipinski definition) is 2. The zero-order chi connectivity index (χ0) is 20.8. The van der Waals surface area contributed by atoms with Gasteiger partial charge in [-0.25, -0.2) is 17.6 Å². The van der Waals surface area contributed by atoms with Crippen LogP contribution in [0.25, 0.3) is 33.6 Å². The van der Waals surface area contributed by atoms with Crippen LogP contribution in [0.2, 0.25) is 0 Å². The minimum atomic E-state index is -3.63. The Balaban J connectivity index is 2.02. The van der Waals surface area contributed by atoms with Gasteiger partial charge in [-0.2, -0.15) is 0 Å². The van der Waals surface area contributed by atoms with Crippen molar-refractivity contribution in [3.05, 3.63) is 66.2 Å². The first kappa shape index (κ1) is 18.8. The monoisotopic (exact) mass is 415 g/mol. The van der Waals surface area contributed by atoms with Crippen LogP contribution in [-0.4, -0.2) is 25.7 Å². The molecule has 9 heteroatoms. The number of hydrogen-bond acceptors (Lipinski definition) is 5. The normalized spacial score (nSPS) is 11.7. The number of halogens is 1. The predicted octanol–water partition coefficient (Wildman–Crippen LogP) is 4.57. The van der Waals surface area contributed by atoms with Crippen LogP contribution < -0.4 is 4.72 Å². The average molecular weight is 415 g/mol. The van der Waals surface area contributed by atoms with Crippen molar-refractivity contribution in [2.45, 2.75) is 0 Å². The van der Waals surface area contributed by atoms with Gasteiger partial charge in [-0.1, -0.05) is 0 Å². The topological polar surface area (TPSA) is 110 Å². The Morgan fingerprint density at radius 1 is 1.14 bits per heavy atom. The minimum absolute atomic E-state index is 0.0365. The molecule has 7 nitrogen and oxygen atoms in total. The fourth-order valence-electron chi connectivity index (χ4n) is 3.08. The lowest BCUT2D eigenvalue weighted by Gasteiger charge is -2.09. The summed E-state index contributed by atoms with van der Waals surface area (Å²) in [6, 6.07) is 11.3. The van der Waals surface area contributed by atoms with E-state index in [9.17, 15) is 22.7 Å². The number of aromatic carboxylic acids is 1. The molecular weight excluding hydrogens is 401 g/mol. The Morgan fingerprint density at radius 2 is 1.86 bits per heavy atom. The summed E-state index contributed by atoms with van der Waals surface area (Å²) in [5, 5.41) is 10.0. The molecule has 148 valence electrons. The molecule has 0 bridgehead atoms. The summed E-state index contributed by atoms with van der Waals surface area (Å²) < 4.78 is 50.4. The van der Waals surface area contributed by atoms with Crippen LogP contribution in [0, 0.1) is 5.82 Å². The Bertz CT molecular complexity index is 1320. The maximum absolute atomic E-state index is 13.3. The van der Waals surface area contributed by atoms with Crippen LogP contribution in [0.3, 0.4) is 0 Å². The van der Waals surface area contributed by atoms with Gasteiger partial charge in [-0.15, -0.1) is 0 Å².